The lowest BCUT2D eigenvalue weighted by atomic mass is 10.1. The van der Waals surface area contributed by atoms with E-state index < -0.39 is 6.10 Å². The molecule has 0 aliphatic carbocycles. The Labute approximate surface area is 115 Å². The number of aliphatic hydroxyl groups is 1. The van der Waals surface area contributed by atoms with Gasteiger partial charge in [0.1, 0.15) is 5.75 Å². The lowest BCUT2D eigenvalue weighted by Gasteiger charge is -2.13. The fourth-order valence-electron chi connectivity index (χ4n) is 1.48. The summed E-state index contributed by atoms with van der Waals surface area (Å²) in [6.45, 7) is 2.09. The van der Waals surface area contributed by atoms with E-state index in [2.05, 4.69) is 20.7 Å². The second-order valence-electron chi connectivity index (χ2n) is 3.89. The molecule has 0 spiro atoms. The Morgan fingerprint density at radius 2 is 2.22 bits per heavy atom. The monoisotopic (exact) mass is 316 g/mol. The van der Waals surface area contributed by atoms with E-state index in [4.69, 9.17) is 4.74 Å². The summed E-state index contributed by atoms with van der Waals surface area (Å²) in [4.78, 5) is 10.9. The molecule has 0 aromatic heterocycles. The molecular formula is C13H17BrO4. The third-order valence-electron chi connectivity index (χ3n) is 2.44. The topological polar surface area (TPSA) is 55.8 Å². The predicted molar refractivity (Wildman–Crippen MR) is 71.5 cm³/mol. The zero-order valence-electron chi connectivity index (χ0n) is 10.5. The minimum Gasteiger partial charge on any atom is -0.493 e. The molecule has 1 N–H and O–H groups in total. The second kappa shape index (κ2) is 7.38. The Hall–Kier alpha value is -1.07. The largest absolute Gasteiger partial charge is 0.493 e. The summed E-state index contributed by atoms with van der Waals surface area (Å²) in [5, 5.41) is 9.61. The van der Waals surface area contributed by atoms with Gasteiger partial charge >= 0.3 is 5.97 Å². The summed E-state index contributed by atoms with van der Waals surface area (Å²) in [7, 11) is 1.36. The van der Waals surface area contributed by atoms with Crippen molar-refractivity contribution in [2.45, 2.75) is 25.9 Å². The van der Waals surface area contributed by atoms with Crippen molar-refractivity contribution in [3.63, 3.8) is 0 Å². The molecule has 18 heavy (non-hydrogen) atoms. The molecule has 4 nitrogen and oxygen atoms in total. The van der Waals surface area contributed by atoms with Crippen LogP contribution in [-0.2, 0) is 9.53 Å². The normalized spacial score (nSPS) is 12.0. The average Bonchev–Trinajstić information content (AvgIpc) is 2.34. The summed E-state index contributed by atoms with van der Waals surface area (Å²) in [5.74, 6) is 0.382. The van der Waals surface area contributed by atoms with Crippen molar-refractivity contribution in [3.8, 4) is 5.75 Å². The van der Waals surface area contributed by atoms with E-state index in [1.54, 1.807) is 13.0 Å². The number of ether oxygens (including phenoxy) is 2. The molecule has 0 aliphatic rings. The minimum absolute atomic E-state index is 0.247. The van der Waals surface area contributed by atoms with Crippen LogP contribution in [0, 0.1) is 0 Å². The summed E-state index contributed by atoms with van der Waals surface area (Å²) in [6.07, 6.45) is 0.321. The van der Waals surface area contributed by atoms with Gasteiger partial charge in [0.05, 0.1) is 19.8 Å². The quantitative estimate of drug-likeness (QED) is 0.647. The number of rotatable bonds is 6. The first kappa shape index (κ1) is 15.0. The zero-order chi connectivity index (χ0) is 13.5. The van der Waals surface area contributed by atoms with Crippen molar-refractivity contribution >= 4 is 21.9 Å². The fourth-order valence-corrected chi connectivity index (χ4v) is 1.82. The smallest absolute Gasteiger partial charge is 0.305 e. The van der Waals surface area contributed by atoms with Gasteiger partial charge in [-0.05, 0) is 25.5 Å². The van der Waals surface area contributed by atoms with Crippen LogP contribution in [0.1, 0.15) is 31.4 Å². The molecule has 0 amide bonds. The average molecular weight is 317 g/mol. The molecule has 0 aliphatic heterocycles. The molecule has 1 aromatic rings. The van der Waals surface area contributed by atoms with Gasteiger partial charge in [-0.25, -0.2) is 0 Å². The first-order valence-corrected chi connectivity index (χ1v) is 6.51. The Bertz CT molecular complexity index is 404. The maximum atomic E-state index is 10.9. The molecule has 1 aromatic carbocycles. The van der Waals surface area contributed by atoms with Gasteiger partial charge in [0.2, 0.25) is 0 Å². The lowest BCUT2D eigenvalue weighted by Crippen LogP contribution is -2.06. The number of benzene rings is 1. The molecule has 1 atom stereocenters. The molecule has 5 heteroatoms. The third-order valence-corrected chi connectivity index (χ3v) is 2.93. The van der Waals surface area contributed by atoms with Gasteiger partial charge in [-0.2, -0.15) is 0 Å². The highest BCUT2D eigenvalue weighted by molar-refractivity contribution is 9.10. The van der Waals surface area contributed by atoms with E-state index in [1.807, 2.05) is 12.1 Å². The fraction of sp³-hybridized carbons (Fsp3) is 0.462. The van der Waals surface area contributed by atoms with Crippen LogP contribution >= 0.6 is 15.9 Å². The molecular weight excluding hydrogens is 300 g/mol. The van der Waals surface area contributed by atoms with Crippen molar-refractivity contribution in [2.75, 3.05) is 13.7 Å². The van der Waals surface area contributed by atoms with Gasteiger partial charge in [0.15, 0.2) is 0 Å². The zero-order valence-corrected chi connectivity index (χ0v) is 12.1. The number of methoxy groups -OCH3 is 1. The summed E-state index contributed by atoms with van der Waals surface area (Å²) in [6, 6.07) is 5.47. The van der Waals surface area contributed by atoms with Crippen LogP contribution in [0.3, 0.4) is 0 Å². The van der Waals surface area contributed by atoms with Gasteiger partial charge < -0.3 is 14.6 Å². The van der Waals surface area contributed by atoms with E-state index in [9.17, 15) is 9.90 Å². The Balaban J connectivity index is 2.55. The number of hydrogen-bond donors (Lipinski definition) is 1. The van der Waals surface area contributed by atoms with Crippen molar-refractivity contribution in [1.82, 2.24) is 0 Å². The highest BCUT2D eigenvalue weighted by Gasteiger charge is 2.10. The third kappa shape index (κ3) is 4.66. The molecule has 0 heterocycles. The minimum atomic E-state index is -0.589. The lowest BCUT2D eigenvalue weighted by molar-refractivity contribution is -0.140. The predicted octanol–water partition coefficient (Wildman–Crippen LogP) is 2.83. The Morgan fingerprint density at radius 3 is 2.83 bits per heavy atom. The van der Waals surface area contributed by atoms with Crippen LogP contribution in [0.4, 0.5) is 0 Å². The number of aliphatic hydroxyl groups excluding tert-OH is 1. The van der Waals surface area contributed by atoms with Gasteiger partial charge in [-0.15, -0.1) is 0 Å². The molecule has 0 saturated carbocycles. The molecule has 0 bridgehead atoms. The molecule has 1 rings (SSSR count). The van der Waals surface area contributed by atoms with Gasteiger partial charge in [-0.1, -0.05) is 22.0 Å². The first-order valence-electron chi connectivity index (χ1n) is 5.71. The van der Waals surface area contributed by atoms with Crippen molar-refractivity contribution < 1.29 is 19.4 Å². The second-order valence-corrected chi connectivity index (χ2v) is 4.80. The van der Waals surface area contributed by atoms with Crippen LogP contribution in [0.2, 0.25) is 0 Å². The van der Waals surface area contributed by atoms with E-state index in [1.165, 1.54) is 7.11 Å². The number of halogens is 1. The number of carbonyl (C=O) groups excluding carboxylic acids is 1. The molecule has 0 unspecified atom stereocenters. The number of carbonyl (C=O) groups is 1. The number of esters is 1. The Morgan fingerprint density at radius 1 is 1.50 bits per heavy atom. The Kier molecular flexibility index (Phi) is 6.15. The molecule has 0 radical (unpaired) electrons. The molecule has 0 fully saturated rings. The van der Waals surface area contributed by atoms with E-state index >= 15 is 0 Å². The van der Waals surface area contributed by atoms with Crippen LogP contribution < -0.4 is 4.74 Å². The SMILES string of the molecule is COC(=O)CCCOc1cc(Br)ccc1[C@H](C)O. The standard InChI is InChI=1S/C13H17BrO4/c1-9(15)11-6-5-10(14)8-12(11)18-7-3-4-13(16)17-2/h5-6,8-9,15H,3-4,7H2,1-2H3/t9-/m0/s1. The maximum absolute atomic E-state index is 10.9. The highest BCUT2D eigenvalue weighted by Crippen LogP contribution is 2.28. The van der Waals surface area contributed by atoms with E-state index in [-0.39, 0.29) is 5.97 Å². The van der Waals surface area contributed by atoms with Gasteiger partial charge in [-0.3, -0.25) is 4.79 Å². The first-order chi connectivity index (χ1) is 8.54. The summed E-state index contributed by atoms with van der Waals surface area (Å²) < 4.78 is 11.0. The number of hydrogen-bond acceptors (Lipinski definition) is 4. The van der Waals surface area contributed by atoms with Crippen molar-refractivity contribution in [3.05, 3.63) is 28.2 Å². The molecule has 100 valence electrons. The van der Waals surface area contributed by atoms with Crippen molar-refractivity contribution in [1.29, 1.82) is 0 Å². The van der Waals surface area contributed by atoms with E-state index in [0.29, 0.717) is 25.2 Å². The van der Waals surface area contributed by atoms with Gasteiger partial charge in [0.25, 0.3) is 0 Å². The summed E-state index contributed by atoms with van der Waals surface area (Å²) >= 11 is 3.35. The van der Waals surface area contributed by atoms with E-state index in [0.717, 1.165) is 10.0 Å². The highest BCUT2D eigenvalue weighted by atomic mass is 79.9. The van der Waals surface area contributed by atoms with Crippen LogP contribution in [0.5, 0.6) is 5.75 Å². The van der Waals surface area contributed by atoms with Crippen LogP contribution in [0.15, 0.2) is 22.7 Å². The summed E-state index contributed by atoms with van der Waals surface area (Å²) in [5.41, 5.74) is 0.733. The van der Waals surface area contributed by atoms with Crippen LogP contribution in [0.25, 0.3) is 0 Å². The maximum Gasteiger partial charge on any atom is 0.305 e. The van der Waals surface area contributed by atoms with Crippen molar-refractivity contribution in [2.24, 2.45) is 0 Å². The van der Waals surface area contributed by atoms with Gasteiger partial charge in [0, 0.05) is 16.5 Å². The van der Waals surface area contributed by atoms with Crippen LogP contribution in [-0.4, -0.2) is 24.8 Å². The molecule has 0 saturated heterocycles.